The van der Waals surface area contributed by atoms with Crippen LogP contribution in [0.3, 0.4) is 0 Å². The second-order valence-electron chi connectivity index (χ2n) is 8.84. The zero-order chi connectivity index (χ0) is 26.3. The van der Waals surface area contributed by atoms with Crippen molar-refractivity contribution < 1.29 is 15.0 Å². The summed E-state index contributed by atoms with van der Waals surface area (Å²) >= 11 is 0. The first kappa shape index (κ1) is 24.6. The van der Waals surface area contributed by atoms with Gasteiger partial charge in [0.2, 0.25) is 0 Å². The molecule has 0 bridgehead atoms. The Hall–Kier alpha value is -5.04. The number of fused-ring (bicyclic) bond motifs is 1. The number of carbonyl (C=O) groups excluding carboxylic acids is 1. The molecule has 0 fully saturated rings. The Bertz CT molecular complexity index is 1540. The fraction of sp³-hybridized carbons (Fsp3) is 0.0968. The van der Waals surface area contributed by atoms with Crippen LogP contribution in [0.1, 0.15) is 22.3 Å². The van der Waals surface area contributed by atoms with Crippen LogP contribution in [-0.2, 0) is 11.2 Å². The third kappa shape index (κ3) is 5.84. The number of para-hydroxylation sites is 3. The molecule has 4 aromatic carbocycles. The number of nitrogens with zero attached hydrogens (tertiary/aromatic N) is 3. The van der Waals surface area contributed by atoms with Gasteiger partial charge in [-0.25, -0.2) is 0 Å². The van der Waals surface area contributed by atoms with E-state index in [-0.39, 0.29) is 24.0 Å². The molecule has 0 radical (unpaired) electrons. The summed E-state index contributed by atoms with van der Waals surface area (Å²) in [6.45, 7) is 0.0530. The van der Waals surface area contributed by atoms with Crippen molar-refractivity contribution in [3.05, 3.63) is 119 Å². The molecule has 1 atom stereocenters. The zero-order valence-corrected chi connectivity index (χ0v) is 20.5. The lowest BCUT2D eigenvalue weighted by molar-refractivity contribution is -0.117. The molecular weight excluding hydrogens is 476 g/mol. The minimum absolute atomic E-state index is 0.0530. The summed E-state index contributed by atoms with van der Waals surface area (Å²) in [6, 6.07) is 28.4. The van der Waals surface area contributed by atoms with Gasteiger partial charge in [0.25, 0.3) is 5.91 Å². The van der Waals surface area contributed by atoms with Gasteiger partial charge in [0.1, 0.15) is 17.5 Å². The summed E-state index contributed by atoms with van der Waals surface area (Å²) in [5.41, 5.74) is 5.86. The summed E-state index contributed by atoms with van der Waals surface area (Å²) in [5.74, 6) is -0.171. The Kier molecular flexibility index (Phi) is 7.36. The first-order valence-electron chi connectivity index (χ1n) is 12.2. The van der Waals surface area contributed by atoms with Crippen LogP contribution in [-0.4, -0.2) is 46.8 Å². The predicted octanol–water partition coefficient (Wildman–Crippen LogP) is 5.32. The normalized spacial score (nSPS) is 13.4. The standard InChI is InChI=1S/C31H26N4O3/c36-29-11-5-2-8-23(29)18-32-20-28(33-19-24-9-3-6-12-30(24)37)31(38)34-25-15-13-21(14-16-25)27-17-22-7-1-4-10-26(22)35-27/h1-16,18-19,28,36-37H,17,20H2,(H,34,38)/b32-18+,33-19+. The van der Waals surface area contributed by atoms with Crippen LogP contribution in [0, 0.1) is 0 Å². The van der Waals surface area contributed by atoms with E-state index >= 15 is 0 Å². The van der Waals surface area contributed by atoms with Gasteiger partial charge in [-0.15, -0.1) is 0 Å². The highest BCUT2D eigenvalue weighted by Gasteiger charge is 2.18. The number of hydrogen-bond donors (Lipinski definition) is 3. The van der Waals surface area contributed by atoms with E-state index in [9.17, 15) is 15.0 Å². The summed E-state index contributed by atoms with van der Waals surface area (Å²) < 4.78 is 0. The maximum absolute atomic E-state index is 13.2. The predicted molar refractivity (Wildman–Crippen MR) is 151 cm³/mol. The molecule has 188 valence electrons. The minimum atomic E-state index is -0.856. The van der Waals surface area contributed by atoms with Crippen LogP contribution < -0.4 is 5.32 Å². The van der Waals surface area contributed by atoms with Crippen LogP contribution in [0.4, 0.5) is 11.4 Å². The average molecular weight is 503 g/mol. The Morgan fingerprint density at radius 2 is 1.47 bits per heavy atom. The van der Waals surface area contributed by atoms with Crippen LogP contribution in [0.5, 0.6) is 11.5 Å². The van der Waals surface area contributed by atoms with E-state index in [0.29, 0.717) is 16.8 Å². The van der Waals surface area contributed by atoms with Crippen molar-refractivity contribution in [1.29, 1.82) is 0 Å². The first-order valence-corrected chi connectivity index (χ1v) is 12.2. The van der Waals surface area contributed by atoms with Crippen LogP contribution >= 0.6 is 0 Å². The van der Waals surface area contributed by atoms with Gasteiger partial charge in [0.05, 0.1) is 17.9 Å². The van der Waals surface area contributed by atoms with Crippen LogP contribution in [0.2, 0.25) is 0 Å². The molecule has 1 unspecified atom stereocenters. The van der Waals surface area contributed by atoms with Gasteiger partial charge < -0.3 is 15.5 Å². The first-order chi connectivity index (χ1) is 18.6. The van der Waals surface area contributed by atoms with E-state index < -0.39 is 6.04 Å². The number of nitrogens with one attached hydrogen (secondary N) is 1. The minimum Gasteiger partial charge on any atom is -0.507 e. The van der Waals surface area contributed by atoms with E-state index in [1.54, 1.807) is 48.5 Å². The fourth-order valence-corrected chi connectivity index (χ4v) is 4.09. The monoisotopic (exact) mass is 502 g/mol. The molecule has 38 heavy (non-hydrogen) atoms. The summed E-state index contributed by atoms with van der Waals surface area (Å²) in [6.07, 6.45) is 3.76. The maximum atomic E-state index is 13.2. The van der Waals surface area contributed by atoms with Gasteiger partial charge >= 0.3 is 0 Å². The Balaban J connectivity index is 1.30. The number of aromatic hydroxyl groups is 2. The molecule has 3 N–H and O–H groups in total. The number of phenols is 2. The number of phenolic OH excluding ortho intramolecular Hbond substituents is 2. The van der Waals surface area contributed by atoms with Gasteiger partial charge in [0, 0.05) is 35.7 Å². The van der Waals surface area contributed by atoms with Crippen molar-refractivity contribution in [3.8, 4) is 11.5 Å². The Morgan fingerprint density at radius 1 is 0.842 bits per heavy atom. The Morgan fingerprint density at radius 3 is 2.16 bits per heavy atom. The lowest BCUT2D eigenvalue weighted by Gasteiger charge is -2.12. The van der Waals surface area contributed by atoms with Gasteiger partial charge in [0.15, 0.2) is 0 Å². The van der Waals surface area contributed by atoms with E-state index in [1.807, 2.05) is 42.5 Å². The molecular formula is C31H26N4O3. The smallest absolute Gasteiger partial charge is 0.251 e. The highest BCUT2D eigenvalue weighted by molar-refractivity contribution is 6.07. The molecule has 0 saturated heterocycles. The molecule has 5 rings (SSSR count). The van der Waals surface area contributed by atoms with Crippen molar-refractivity contribution in [2.45, 2.75) is 12.5 Å². The highest BCUT2D eigenvalue weighted by Crippen LogP contribution is 2.28. The van der Waals surface area contributed by atoms with Gasteiger partial charge in [-0.1, -0.05) is 54.6 Å². The molecule has 1 aliphatic rings. The molecule has 0 spiro atoms. The average Bonchev–Trinajstić information content (AvgIpc) is 3.37. The van der Waals surface area contributed by atoms with Gasteiger partial charge in [-0.3, -0.25) is 19.8 Å². The number of carbonyl (C=O) groups is 1. The van der Waals surface area contributed by atoms with Crippen LogP contribution in [0.25, 0.3) is 0 Å². The van der Waals surface area contributed by atoms with Crippen molar-refractivity contribution >= 4 is 35.4 Å². The largest absolute Gasteiger partial charge is 0.507 e. The van der Waals surface area contributed by atoms with E-state index in [1.165, 1.54) is 18.0 Å². The highest BCUT2D eigenvalue weighted by atomic mass is 16.3. The summed E-state index contributed by atoms with van der Waals surface area (Å²) in [5, 5.41) is 23.0. The second kappa shape index (κ2) is 11.3. The molecule has 0 aromatic heterocycles. The number of anilines is 1. The Labute approximate surface area is 220 Å². The number of benzene rings is 4. The number of hydrogen-bond acceptors (Lipinski definition) is 6. The molecule has 0 saturated carbocycles. The lowest BCUT2D eigenvalue weighted by Crippen LogP contribution is -2.29. The van der Waals surface area contributed by atoms with E-state index in [4.69, 9.17) is 4.99 Å². The van der Waals surface area contributed by atoms with Crippen molar-refractivity contribution in [3.63, 3.8) is 0 Å². The second-order valence-corrected chi connectivity index (χ2v) is 8.84. The maximum Gasteiger partial charge on any atom is 0.251 e. The van der Waals surface area contributed by atoms with Crippen LogP contribution in [0.15, 0.2) is 112 Å². The lowest BCUT2D eigenvalue weighted by atomic mass is 10.0. The number of aliphatic imine (C=N–C) groups is 3. The SMILES string of the molecule is O=C(Nc1ccc(C2=Nc3ccccc3C2)cc1)C(C/N=C/c1ccccc1O)/N=C/c1ccccc1O. The number of rotatable bonds is 8. The quantitative estimate of drug-likeness (QED) is 0.284. The van der Waals surface area contributed by atoms with E-state index in [0.717, 1.165) is 23.4 Å². The van der Waals surface area contributed by atoms with Gasteiger partial charge in [-0.2, -0.15) is 0 Å². The molecule has 1 aliphatic heterocycles. The number of amides is 1. The third-order valence-corrected chi connectivity index (χ3v) is 6.17. The molecule has 4 aromatic rings. The molecule has 1 heterocycles. The zero-order valence-electron chi connectivity index (χ0n) is 20.5. The van der Waals surface area contributed by atoms with Crippen molar-refractivity contribution in [2.75, 3.05) is 11.9 Å². The van der Waals surface area contributed by atoms with Crippen molar-refractivity contribution in [1.82, 2.24) is 0 Å². The molecule has 0 aliphatic carbocycles. The fourth-order valence-electron chi connectivity index (χ4n) is 4.09. The third-order valence-electron chi connectivity index (χ3n) is 6.17. The molecule has 7 nitrogen and oxygen atoms in total. The van der Waals surface area contributed by atoms with Crippen molar-refractivity contribution in [2.24, 2.45) is 15.0 Å². The molecule has 1 amide bonds. The van der Waals surface area contributed by atoms with E-state index in [2.05, 4.69) is 21.4 Å². The molecule has 7 heteroatoms. The topological polar surface area (TPSA) is 107 Å². The summed E-state index contributed by atoms with van der Waals surface area (Å²) in [7, 11) is 0. The summed E-state index contributed by atoms with van der Waals surface area (Å²) in [4.78, 5) is 26.7. The van der Waals surface area contributed by atoms with Gasteiger partial charge in [-0.05, 0) is 53.6 Å².